The Balaban J connectivity index is 1.97. The van der Waals surface area contributed by atoms with Crippen molar-refractivity contribution < 1.29 is 19.1 Å². The maximum atomic E-state index is 12.5. The molecule has 1 aliphatic heterocycles. The summed E-state index contributed by atoms with van der Waals surface area (Å²) in [6.45, 7) is 0.816. The molecule has 0 aliphatic carbocycles. The van der Waals surface area contributed by atoms with Gasteiger partial charge in [0, 0.05) is 0 Å². The molecular formula is C19H26O4S2. The Morgan fingerprint density at radius 2 is 1.40 bits per heavy atom. The van der Waals surface area contributed by atoms with Crippen LogP contribution in [0.2, 0.25) is 0 Å². The first-order valence-electron chi connectivity index (χ1n) is 8.80. The van der Waals surface area contributed by atoms with Crippen LogP contribution in [-0.4, -0.2) is 48.2 Å². The molecule has 25 heavy (non-hydrogen) atoms. The van der Waals surface area contributed by atoms with Crippen LogP contribution in [0.3, 0.4) is 0 Å². The van der Waals surface area contributed by atoms with Crippen molar-refractivity contribution in [3.63, 3.8) is 0 Å². The van der Waals surface area contributed by atoms with Gasteiger partial charge in [-0.25, -0.2) is 0 Å². The lowest BCUT2D eigenvalue weighted by Crippen LogP contribution is -2.21. The Kier molecular flexibility index (Phi) is 9.89. The number of hydrogen-bond donors (Lipinski definition) is 0. The first-order chi connectivity index (χ1) is 12.3. The Labute approximate surface area is 158 Å². The van der Waals surface area contributed by atoms with Gasteiger partial charge >= 0.3 is 11.9 Å². The minimum Gasteiger partial charge on any atom is -0.466 e. The predicted molar refractivity (Wildman–Crippen MR) is 104 cm³/mol. The van der Waals surface area contributed by atoms with Gasteiger partial charge in [0.1, 0.15) is 0 Å². The van der Waals surface area contributed by atoms with Crippen LogP contribution in [0.5, 0.6) is 0 Å². The molecule has 1 fully saturated rings. The van der Waals surface area contributed by atoms with E-state index in [4.69, 9.17) is 9.47 Å². The number of cyclic esters (lactones) is 2. The molecule has 2 rings (SSSR count). The fraction of sp³-hybridized carbons (Fsp3) is 0.579. The molecule has 1 heterocycles. The highest BCUT2D eigenvalue weighted by Crippen LogP contribution is 2.22. The van der Waals surface area contributed by atoms with E-state index in [1.165, 1.54) is 6.42 Å². The van der Waals surface area contributed by atoms with Gasteiger partial charge in [0.25, 0.3) is 0 Å². The highest BCUT2D eigenvalue weighted by Gasteiger charge is 2.26. The number of carbonyl (C=O) groups is 2. The summed E-state index contributed by atoms with van der Waals surface area (Å²) in [5.41, 5.74) is 0.798. The maximum absolute atomic E-state index is 12.5. The van der Waals surface area contributed by atoms with E-state index < -0.39 is 5.92 Å². The Hall–Kier alpha value is -1.14. The summed E-state index contributed by atoms with van der Waals surface area (Å²) in [6, 6.07) is 9.33. The van der Waals surface area contributed by atoms with Crippen molar-refractivity contribution in [1.29, 1.82) is 0 Å². The van der Waals surface area contributed by atoms with Crippen molar-refractivity contribution in [3.8, 4) is 0 Å². The van der Waals surface area contributed by atoms with Crippen molar-refractivity contribution in [3.05, 3.63) is 35.9 Å². The molecule has 0 N–H and O–H groups in total. The van der Waals surface area contributed by atoms with Gasteiger partial charge in [-0.2, -0.15) is 23.5 Å². The molecular weight excluding hydrogens is 356 g/mol. The molecule has 0 aromatic heterocycles. The van der Waals surface area contributed by atoms with E-state index in [2.05, 4.69) is 0 Å². The second-order valence-electron chi connectivity index (χ2n) is 5.84. The number of ether oxygens (including phenoxy) is 2. The Bertz CT molecular complexity index is 521. The SMILES string of the molecule is O=C1CC(c2ccccc2)C(=O)OCCCSCCCSCCCO1. The molecule has 1 aliphatic rings. The molecule has 1 aromatic rings. The first kappa shape index (κ1) is 20.2. The number of carbonyl (C=O) groups excluding carboxylic acids is 2. The molecule has 0 bridgehead atoms. The summed E-state index contributed by atoms with van der Waals surface area (Å²) in [6.07, 6.45) is 2.91. The highest BCUT2D eigenvalue weighted by molar-refractivity contribution is 8.00. The Morgan fingerprint density at radius 1 is 0.800 bits per heavy atom. The molecule has 1 unspecified atom stereocenters. The minimum absolute atomic E-state index is 0.0325. The van der Waals surface area contributed by atoms with Crippen LogP contribution >= 0.6 is 23.5 Å². The fourth-order valence-electron chi connectivity index (χ4n) is 2.50. The van der Waals surface area contributed by atoms with Crippen LogP contribution in [0, 0.1) is 0 Å². The number of esters is 2. The van der Waals surface area contributed by atoms with Gasteiger partial charge in [-0.1, -0.05) is 30.3 Å². The van der Waals surface area contributed by atoms with E-state index in [0.29, 0.717) is 13.2 Å². The third-order valence-corrected chi connectivity index (χ3v) is 6.12. The molecule has 4 nitrogen and oxygen atoms in total. The van der Waals surface area contributed by atoms with E-state index >= 15 is 0 Å². The van der Waals surface area contributed by atoms with Crippen molar-refractivity contribution >= 4 is 35.5 Å². The summed E-state index contributed by atoms with van der Waals surface area (Å²) in [4.78, 5) is 24.6. The topological polar surface area (TPSA) is 52.6 Å². The third kappa shape index (κ3) is 8.19. The van der Waals surface area contributed by atoms with Crippen LogP contribution in [-0.2, 0) is 19.1 Å². The van der Waals surface area contributed by atoms with Gasteiger partial charge in [0.15, 0.2) is 0 Å². The monoisotopic (exact) mass is 382 g/mol. The molecule has 1 saturated heterocycles. The molecule has 6 heteroatoms. The van der Waals surface area contributed by atoms with E-state index in [0.717, 1.165) is 41.4 Å². The zero-order valence-electron chi connectivity index (χ0n) is 14.5. The average molecular weight is 383 g/mol. The quantitative estimate of drug-likeness (QED) is 0.687. The number of rotatable bonds is 1. The standard InChI is InChI=1S/C19H26O4S2/c20-18-15-17(16-7-2-1-3-8-16)19(21)23-10-5-12-25-14-6-13-24-11-4-9-22-18/h1-3,7-8,17H,4-6,9-15H2. The summed E-state index contributed by atoms with van der Waals surface area (Å²) in [5.74, 6) is 3.02. The normalized spacial score (nSPS) is 22.5. The lowest BCUT2D eigenvalue weighted by Gasteiger charge is -2.16. The molecule has 0 radical (unpaired) electrons. The van der Waals surface area contributed by atoms with Crippen molar-refractivity contribution in [2.24, 2.45) is 0 Å². The van der Waals surface area contributed by atoms with Crippen molar-refractivity contribution in [2.45, 2.75) is 31.6 Å². The Morgan fingerprint density at radius 3 is 2.08 bits per heavy atom. The van der Waals surface area contributed by atoms with E-state index in [9.17, 15) is 9.59 Å². The van der Waals surface area contributed by atoms with Crippen LogP contribution in [0.4, 0.5) is 0 Å². The highest BCUT2D eigenvalue weighted by atomic mass is 32.2. The van der Waals surface area contributed by atoms with Crippen molar-refractivity contribution in [2.75, 3.05) is 36.2 Å². The molecule has 0 spiro atoms. The molecule has 1 atom stereocenters. The average Bonchev–Trinajstić information content (AvgIpc) is 2.63. The minimum atomic E-state index is -0.591. The molecule has 138 valence electrons. The van der Waals surface area contributed by atoms with Crippen LogP contribution in [0.15, 0.2) is 30.3 Å². The molecule has 1 aromatic carbocycles. The van der Waals surface area contributed by atoms with Gasteiger partial charge in [-0.05, 0) is 47.8 Å². The maximum Gasteiger partial charge on any atom is 0.314 e. The summed E-state index contributed by atoms with van der Waals surface area (Å²) in [7, 11) is 0. The molecule has 0 amide bonds. The summed E-state index contributed by atoms with van der Waals surface area (Å²) >= 11 is 3.82. The van der Waals surface area contributed by atoms with E-state index in [-0.39, 0.29) is 18.4 Å². The van der Waals surface area contributed by atoms with Gasteiger partial charge in [0.05, 0.1) is 25.6 Å². The zero-order valence-corrected chi connectivity index (χ0v) is 16.1. The summed E-state index contributed by atoms with van der Waals surface area (Å²) in [5, 5.41) is 0. The van der Waals surface area contributed by atoms with Gasteiger partial charge in [-0.3, -0.25) is 9.59 Å². The van der Waals surface area contributed by atoms with Crippen molar-refractivity contribution in [1.82, 2.24) is 0 Å². The number of hydrogen-bond acceptors (Lipinski definition) is 6. The van der Waals surface area contributed by atoms with Gasteiger partial charge in [0.2, 0.25) is 0 Å². The van der Waals surface area contributed by atoms with Gasteiger partial charge in [-0.15, -0.1) is 0 Å². The smallest absolute Gasteiger partial charge is 0.314 e. The molecule has 0 saturated carbocycles. The predicted octanol–water partition coefficient (Wildman–Crippen LogP) is 3.90. The second-order valence-corrected chi connectivity index (χ2v) is 8.29. The summed E-state index contributed by atoms with van der Waals surface area (Å²) < 4.78 is 10.7. The van der Waals surface area contributed by atoms with Crippen LogP contribution in [0.1, 0.15) is 37.2 Å². The lowest BCUT2D eigenvalue weighted by molar-refractivity contribution is -0.152. The first-order valence-corrected chi connectivity index (χ1v) is 11.1. The van der Waals surface area contributed by atoms with E-state index in [1.807, 2.05) is 53.9 Å². The number of benzene rings is 1. The second kappa shape index (κ2) is 12.3. The largest absolute Gasteiger partial charge is 0.466 e. The zero-order chi connectivity index (χ0) is 17.7. The third-order valence-electron chi connectivity index (χ3n) is 3.81. The van der Waals surface area contributed by atoms with Crippen LogP contribution < -0.4 is 0 Å². The van der Waals surface area contributed by atoms with E-state index in [1.54, 1.807) is 0 Å². The lowest BCUT2D eigenvalue weighted by atomic mass is 9.96. The number of thioether (sulfide) groups is 2. The van der Waals surface area contributed by atoms with Gasteiger partial charge < -0.3 is 9.47 Å². The fourth-order valence-corrected chi connectivity index (χ4v) is 4.43. The van der Waals surface area contributed by atoms with Crippen LogP contribution in [0.25, 0.3) is 0 Å².